The average molecular weight is 289 g/mol. The molecule has 0 saturated heterocycles. The van der Waals surface area contributed by atoms with Gasteiger partial charge in [-0.15, -0.1) is 0 Å². The lowest BCUT2D eigenvalue weighted by Crippen LogP contribution is -2.35. The third kappa shape index (κ3) is 4.56. The van der Waals surface area contributed by atoms with Crippen LogP contribution in [0.25, 0.3) is 0 Å². The first-order valence-corrected chi connectivity index (χ1v) is 5.75. The van der Waals surface area contributed by atoms with E-state index in [2.05, 4.69) is 5.32 Å². The molecule has 0 aromatic heterocycles. The van der Waals surface area contributed by atoms with Gasteiger partial charge in [0.15, 0.2) is 5.78 Å². The topological polar surface area (TPSA) is 55.4 Å². The fourth-order valence-corrected chi connectivity index (χ4v) is 1.36. The van der Waals surface area contributed by atoms with Crippen LogP contribution in [-0.2, 0) is 4.74 Å². The molecule has 1 aromatic carbocycles. The Balaban J connectivity index is 2.71. The number of amides is 1. The highest BCUT2D eigenvalue weighted by atomic mass is 19.1. The summed E-state index contributed by atoms with van der Waals surface area (Å²) in [5, 5.41) is 2.07. The van der Waals surface area contributed by atoms with Crippen LogP contribution in [0.15, 0.2) is 12.1 Å². The van der Waals surface area contributed by atoms with Crippen LogP contribution in [0.3, 0.4) is 0 Å². The molecular weight excluding hydrogens is 275 g/mol. The maximum Gasteiger partial charge on any atom is 0.408 e. The van der Waals surface area contributed by atoms with Gasteiger partial charge in [-0.25, -0.2) is 18.0 Å². The van der Waals surface area contributed by atoms with Crippen LogP contribution < -0.4 is 5.32 Å². The van der Waals surface area contributed by atoms with Gasteiger partial charge in [0.05, 0.1) is 12.1 Å². The highest BCUT2D eigenvalue weighted by Gasteiger charge is 2.21. The van der Waals surface area contributed by atoms with Gasteiger partial charge < -0.3 is 10.1 Å². The van der Waals surface area contributed by atoms with Crippen molar-refractivity contribution in [2.24, 2.45) is 0 Å². The Morgan fingerprint density at radius 3 is 2.10 bits per heavy atom. The Morgan fingerprint density at radius 1 is 1.15 bits per heavy atom. The molecule has 0 fully saturated rings. The molecule has 0 saturated carbocycles. The maximum atomic E-state index is 13.3. The van der Waals surface area contributed by atoms with Crippen LogP contribution in [0.1, 0.15) is 31.1 Å². The number of halogens is 3. The van der Waals surface area contributed by atoms with Gasteiger partial charge in [-0.05, 0) is 20.8 Å². The van der Waals surface area contributed by atoms with Crippen molar-refractivity contribution in [2.75, 3.05) is 6.54 Å². The number of hydrogen-bond donors (Lipinski definition) is 1. The molecule has 0 unspecified atom stereocenters. The highest BCUT2D eigenvalue weighted by molar-refractivity contribution is 5.99. The van der Waals surface area contributed by atoms with Crippen LogP contribution in [0, 0.1) is 17.5 Å². The van der Waals surface area contributed by atoms with Crippen molar-refractivity contribution in [2.45, 2.75) is 26.4 Å². The molecular formula is C13H14F3NO3. The van der Waals surface area contributed by atoms with Gasteiger partial charge in [-0.1, -0.05) is 0 Å². The van der Waals surface area contributed by atoms with E-state index in [1.807, 2.05) is 0 Å². The number of ketones is 1. The monoisotopic (exact) mass is 289 g/mol. The molecule has 4 nitrogen and oxygen atoms in total. The van der Waals surface area contributed by atoms with E-state index >= 15 is 0 Å². The molecule has 20 heavy (non-hydrogen) atoms. The van der Waals surface area contributed by atoms with Crippen LogP contribution in [0.2, 0.25) is 0 Å². The summed E-state index contributed by atoms with van der Waals surface area (Å²) in [7, 11) is 0. The fourth-order valence-electron chi connectivity index (χ4n) is 1.36. The Morgan fingerprint density at radius 2 is 1.65 bits per heavy atom. The smallest absolute Gasteiger partial charge is 0.408 e. The highest BCUT2D eigenvalue weighted by Crippen LogP contribution is 2.15. The number of carbonyl (C=O) groups excluding carboxylic acids is 2. The van der Waals surface area contributed by atoms with Crippen molar-refractivity contribution >= 4 is 11.9 Å². The molecule has 0 bridgehead atoms. The Labute approximate surface area is 113 Å². The van der Waals surface area contributed by atoms with E-state index < -0.39 is 47.0 Å². The SMILES string of the molecule is CC(C)(C)OC(=O)NCC(=O)c1c(F)cc(F)cc1F. The molecule has 0 aliphatic rings. The van der Waals surface area contributed by atoms with Gasteiger partial charge in [0.1, 0.15) is 23.1 Å². The summed E-state index contributed by atoms with van der Waals surface area (Å²) in [6.07, 6.45) is -0.895. The molecule has 0 heterocycles. The van der Waals surface area contributed by atoms with Crippen LogP contribution in [-0.4, -0.2) is 24.0 Å². The number of alkyl carbamates (subject to hydrolysis) is 1. The number of ether oxygens (including phenoxy) is 1. The van der Waals surface area contributed by atoms with Gasteiger partial charge in [0.2, 0.25) is 0 Å². The summed E-state index contributed by atoms with van der Waals surface area (Å²) >= 11 is 0. The molecule has 0 atom stereocenters. The van der Waals surface area contributed by atoms with E-state index in [4.69, 9.17) is 4.74 Å². The number of nitrogens with one attached hydrogen (secondary N) is 1. The molecule has 110 valence electrons. The Bertz CT molecular complexity index is 515. The lowest BCUT2D eigenvalue weighted by atomic mass is 10.1. The minimum atomic E-state index is -1.32. The van der Waals surface area contributed by atoms with E-state index in [1.54, 1.807) is 20.8 Å². The maximum absolute atomic E-state index is 13.3. The average Bonchev–Trinajstić information content (AvgIpc) is 2.22. The van der Waals surface area contributed by atoms with Gasteiger partial charge in [0, 0.05) is 12.1 Å². The predicted molar refractivity (Wildman–Crippen MR) is 64.9 cm³/mol. The van der Waals surface area contributed by atoms with E-state index in [9.17, 15) is 22.8 Å². The molecule has 0 aliphatic heterocycles. The molecule has 1 aromatic rings. The van der Waals surface area contributed by atoms with Crippen molar-refractivity contribution < 1.29 is 27.5 Å². The molecule has 0 aliphatic carbocycles. The van der Waals surface area contributed by atoms with E-state index in [-0.39, 0.29) is 0 Å². The standard InChI is InChI=1S/C13H14F3NO3/c1-13(2,3)20-12(19)17-6-10(18)11-8(15)4-7(14)5-9(11)16/h4-5H,6H2,1-3H3,(H,17,19). The summed E-state index contributed by atoms with van der Waals surface area (Å²) in [5.74, 6) is -4.79. The lowest BCUT2D eigenvalue weighted by Gasteiger charge is -2.19. The zero-order chi connectivity index (χ0) is 15.5. The quantitative estimate of drug-likeness (QED) is 0.870. The van der Waals surface area contributed by atoms with Gasteiger partial charge in [-0.3, -0.25) is 4.79 Å². The van der Waals surface area contributed by atoms with Crippen molar-refractivity contribution in [3.05, 3.63) is 35.1 Å². The van der Waals surface area contributed by atoms with Gasteiger partial charge >= 0.3 is 6.09 Å². The minimum Gasteiger partial charge on any atom is -0.444 e. The van der Waals surface area contributed by atoms with E-state index in [1.165, 1.54) is 0 Å². The normalized spacial score (nSPS) is 11.1. The summed E-state index contributed by atoms with van der Waals surface area (Å²) in [4.78, 5) is 22.9. The third-order valence-corrected chi connectivity index (χ3v) is 2.08. The largest absolute Gasteiger partial charge is 0.444 e. The third-order valence-electron chi connectivity index (χ3n) is 2.08. The van der Waals surface area contributed by atoms with Crippen LogP contribution in [0.5, 0.6) is 0 Å². The van der Waals surface area contributed by atoms with Crippen molar-refractivity contribution in [3.8, 4) is 0 Å². The van der Waals surface area contributed by atoms with Gasteiger partial charge in [0.25, 0.3) is 0 Å². The van der Waals surface area contributed by atoms with Crippen molar-refractivity contribution in [1.82, 2.24) is 5.32 Å². The first-order chi connectivity index (χ1) is 9.10. The molecule has 1 rings (SSSR count). The molecule has 0 radical (unpaired) electrons. The predicted octanol–water partition coefficient (Wildman–Crippen LogP) is 2.81. The zero-order valence-corrected chi connectivity index (χ0v) is 11.2. The molecule has 1 N–H and O–H groups in total. The Hall–Kier alpha value is -2.05. The zero-order valence-electron chi connectivity index (χ0n) is 11.2. The first kappa shape index (κ1) is 16.0. The number of hydrogen-bond acceptors (Lipinski definition) is 3. The number of carbonyl (C=O) groups is 2. The minimum absolute atomic E-state index is 0.393. The summed E-state index contributed by atoms with van der Waals surface area (Å²) < 4.78 is 44.2. The van der Waals surface area contributed by atoms with Crippen molar-refractivity contribution in [1.29, 1.82) is 0 Å². The second-order valence-corrected chi connectivity index (χ2v) is 5.02. The Kier molecular flexibility index (Phi) is 4.75. The second-order valence-electron chi connectivity index (χ2n) is 5.02. The van der Waals surface area contributed by atoms with Crippen molar-refractivity contribution in [3.63, 3.8) is 0 Å². The van der Waals surface area contributed by atoms with Crippen LogP contribution in [0.4, 0.5) is 18.0 Å². The summed E-state index contributed by atoms with van der Waals surface area (Å²) in [6, 6.07) is 0.785. The molecule has 1 amide bonds. The molecule has 0 spiro atoms. The number of benzene rings is 1. The van der Waals surface area contributed by atoms with Crippen LogP contribution >= 0.6 is 0 Å². The molecule has 7 heteroatoms. The number of Topliss-reactive ketones (excluding diaryl/α,β-unsaturated/α-hetero) is 1. The lowest BCUT2D eigenvalue weighted by molar-refractivity contribution is 0.0520. The van der Waals surface area contributed by atoms with E-state index in [0.717, 1.165) is 0 Å². The van der Waals surface area contributed by atoms with E-state index in [0.29, 0.717) is 12.1 Å². The number of rotatable bonds is 3. The van der Waals surface area contributed by atoms with Gasteiger partial charge in [-0.2, -0.15) is 0 Å². The summed E-state index contributed by atoms with van der Waals surface area (Å²) in [6.45, 7) is 4.20. The summed E-state index contributed by atoms with van der Waals surface area (Å²) in [5.41, 5.74) is -1.66. The first-order valence-electron chi connectivity index (χ1n) is 5.75. The second kappa shape index (κ2) is 5.94. The fraction of sp³-hybridized carbons (Fsp3) is 0.385.